The molecule has 110 valence electrons. The number of hydrogen-bond donors (Lipinski definition) is 1. The Hall–Kier alpha value is -0.900. The summed E-state index contributed by atoms with van der Waals surface area (Å²) in [5.74, 6) is 2.12. The maximum absolute atomic E-state index is 4.55. The Morgan fingerprint density at radius 1 is 1.05 bits per heavy atom. The van der Waals surface area contributed by atoms with Gasteiger partial charge >= 0.3 is 0 Å². The highest BCUT2D eigenvalue weighted by Gasteiger charge is 2.06. The van der Waals surface area contributed by atoms with Crippen molar-refractivity contribution in [1.29, 1.82) is 0 Å². The molecule has 1 rings (SSSR count). The lowest BCUT2D eigenvalue weighted by Gasteiger charge is -2.07. The van der Waals surface area contributed by atoms with E-state index in [1.807, 2.05) is 0 Å². The molecule has 1 N–H and O–H groups in total. The van der Waals surface area contributed by atoms with Crippen molar-refractivity contribution in [3.05, 3.63) is 11.6 Å². The molecular weight excluding hydrogens is 236 g/mol. The summed E-state index contributed by atoms with van der Waals surface area (Å²) in [6.07, 6.45) is 6.98. The van der Waals surface area contributed by atoms with Crippen LogP contribution in [-0.4, -0.2) is 27.4 Å². The lowest BCUT2D eigenvalue weighted by molar-refractivity contribution is 0.499. The summed E-state index contributed by atoms with van der Waals surface area (Å²) in [4.78, 5) is 4.54. The zero-order valence-corrected chi connectivity index (χ0v) is 13.1. The standard InChI is InChI=1S/C15H30N4/c1-5-14-17-15(6-2)19(18-14)12-10-8-7-9-11-16-13(3)4/h13,16H,5-12H2,1-4H3. The van der Waals surface area contributed by atoms with Crippen molar-refractivity contribution < 1.29 is 0 Å². The Kier molecular flexibility index (Phi) is 7.72. The first-order valence-electron chi connectivity index (χ1n) is 7.83. The quantitative estimate of drug-likeness (QED) is 0.662. The third-order valence-electron chi connectivity index (χ3n) is 3.27. The van der Waals surface area contributed by atoms with Crippen molar-refractivity contribution in [2.45, 2.75) is 78.8 Å². The molecule has 0 saturated carbocycles. The van der Waals surface area contributed by atoms with Crippen molar-refractivity contribution >= 4 is 0 Å². The highest BCUT2D eigenvalue weighted by molar-refractivity contribution is 4.92. The van der Waals surface area contributed by atoms with Crippen LogP contribution in [0.3, 0.4) is 0 Å². The van der Waals surface area contributed by atoms with Crippen LogP contribution in [0.1, 0.15) is 65.0 Å². The van der Waals surface area contributed by atoms with Crippen molar-refractivity contribution in [3.63, 3.8) is 0 Å². The van der Waals surface area contributed by atoms with E-state index in [2.05, 4.69) is 47.8 Å². The molecule has 4 nitrogen and oxygen atoms in total. The molecule has 0 spiro atoms. The van der Waals surface area contributed by atoms with E-state index in [1.54, 1.807) is 0 Å². The van der Waals surface area contributed by atoms with E-state index in [1.165, 1.54) is 25.7 Å². The van der Waals surface area contributed by atoms with Gasteiger partial charge in [0.25, 0.3) is 0 Å². The third-order valence-corrected chi connectivity index (χ3v) is 3.27. The van der Waals surface area contributed by atoms with E-state index >= 15 is 0 Å². The SMILES string of the molecule is CCc1nc(CC)n(CCCCCCNC(C)C)n1. The van der Waals surface area contributed by atoms with Gasteiger partial charge in [-0.3, -0.25) is 0 Å². The topological polar surface area (TPSA) is 42.7 Å². The molecule has 0 aliphatic rings. The predicted octanol–water partition coefficient (Wildman–Crippen LogP) is 2.96. The maximum Gasteiger partial charge on any atom is 0.150 e. The summed E-state index contributed by atoms with van der Waals surface area (Å²) in [6.45, 7) is 10.8. The fourth-order valence-electron chi connectivity index (χ4n) is 2.15. The molecule has 1 aromatic rings. The molecule has 0 saturated heterocycles. The average molecular weight is 266 g/mol. The Morgan fingerprint density at radius 3 is 2.42 bits per heavy atom. The van der Waals surface area contributed by atoms with E-state index in [-0.39, 0.29) is 0 Å². The Bertz CT molecular complexity index is 344. The second-order valence-electron chi connectivity index (χ2n) is 5.40. The first-order chi connectivity index (χ1) is 9.17. The number of rotatable bonds is 10. The number of aromatic nitrogens is 3. The van der Waals surface area contributed by atoms with Crippen molar-refractivity contribution in [2.75, 3.05) is 6.54 Å². The number of nitrogens with one attached hydrogen (secondary N) is 1. The predicted molar refractivity (Wildman–Crippen MR) is 80.4 cm³/mol. The molecule has 0 aromatic carbocycles. The van der Waals surface area contributed by atoms with Crippen molar-refractivity contribution in [1.82, 2.24) is 20.1 Å². The summed E-state index contributed by atoms with van der Waals surface area (Å²) >= 11 is 0. The molecule has 0 bridgehead atoms. The largest absolute Gasteiger partial charge is 0.315 e. The van der Waals surface area contributed by atoms with Crippen molar-refractivity contribution in [3.8, 4) is 0 Å². The summed E-state index contributed by atoms with van der Waals surface area (Å²) in [5, 5.41) is 8.01. The number of aryl methyl sites for hydroxylation is 3. The van der Waals surface area contributed by atoms with Gasteiger partial charge in [-0.1, -0.05) is 40.5 Å². The van der Waals surface area contributed by atoms with Crippen LogP contribution < -0.4 is 5.32 Å². The maximum atomic E-state index is 4.55. The summed E-state index contributed by atoms with van der Waals surface area (Å²) in [6, 6.07) is 0.606. The fraction of sp³-hybridized carbons (Fsp3) is 0.867. The van der Waals surface area contributed by atoms with Crippen LogP contribution in [0.2, 0.25) is 0 Å². The zero-order chi connectivity index (χ0) is 14.1. The van der Waals surface area contributed by atoms with E-state index in [9.17, 15) is 0 Å². The van der Waals surface area contributed by atoms with Crippen LogP contribution in [0.25, 0.3) is 0 Å². The van der Waals surface area contributed by atoms with E-state index in [0.717, 1.165) is 37.6 Å². The minimum absolute atomic E-state index is 0.606. The Balaban J connectivity index is 2.16. The van der Waals surface area contributed by atoms with Gasteiger partial charge in [0.1, 0.15) is 5.82 Å². The second-order valence-corrected chi connectivity index (χ2v) is 5.40. The molecule has 0 atom stereocenters. The molecule has 0 fully saturated rings. The summed E-state index contributed by atoms with van der Waals surface area (Å²) < 4.78 is 2.10. The highest BCUT2D eigenvalue weighted by Crippen LogP contribution is 2.06. The first-order valence-corrected chi connectivity index (χ1v) is 7.83. The second kappa shape index (κ2) is 9.08. The van der Waals surface area contributed by atoms with Gasteiger partial charge in [-0.05, 0) is 19.4 Å². The van der Waals surface area contributed by atoms with Crippen LogP contribution in [-0.2, 0) is 19.4 Å². The fourth-order valence-corrected chi connectivity index (χ4v) is 2.15. The minimum Gasteiger partial charge on any atom is -0.315 e. The first kappa shape index (κ1) is 16.2. The number of nitrogens with zero attached hydrogens (tertiary/aromatic N) is 3. The summed E-state index contributed by atoms with van der Waals surface area (Å²) in [7, 11) is 0. The molecule has 0 amide bonds. The summed E-state index contributed by atoms with van der Waals surface area (Å²) in [5.41, 5.74) is 0. The van der Waals surface area contributed by atoms with E-state index in [0.29, 0.717) is 6.04 Å². The van der Waals surface area contributed by atoms with Crippen LogP contribution in [0.5, 0.6) is 0 Å². The van der Waals surface area contributed by atoms with Gasteiger partial charge in [0.15, 0.2) is 5.82 Å². The minimum atomic E-state index is 0.606. The molecule has 19 heavy (non-hydrogen) atoms. The van der Waals surface area contributed by atoms with Gasteiger partial charge in [-0.15, -0.1) is 0 Å². The molecule has 0 radical (unpaired) electrons. The lowest BCUT2D eigenvalue weighted by Crippen LogP contribution is -2.23. The van der Waals surface area contributed by atoms with Crippen LogP contribution in [0, 0.1) is 0 Å². The molecule has 1 aromatic heterocycles. The van der Waals surface area contributed by atoms with E-state index < -0.39 is 0 Å². The van der Waals surface area contributed by atoms with Gasteiger partial charge < -0.3 is 5.32 Å². The normalized spacial score (nSPS) is 11.4. The van der Waals surface area contributed by atoms with Crippen LogP contribution >= 0.6 is 0 Å². The monoisotopic (exact) mass is 266 g/mol. The molecular formula is C15H30N4. The number of hydrogen-bond acceptors (Lipinski definition) is 3. The zero-order valence-electron chi connectivity index (χ0n) is 13.1. The molecule has 4 heteroatoms. The Morgan fingerprint density at radius 2 is 1.79 bits per heavy atom. The van der Waals surface area contributed by atoms with Crippen LogP contribution in [0.15, 0.2) is 0 Å². The molecule has 1 heterocycles. The van der Waals surface area contributed by atoms with Gasteiger partial charge in [0.2, 0.25) is 0 Å². The third kappa shape index (κ3) is 6.19. The van der Waals surface area contributed by atoms with Gasteiger partial charge in [0.05, 0.1) is 0 Å². The van der Waals surface area contributed by atoms with Crippen molar-refractivity contribution in [2.24, 2.45) is 0 Å². The molecule has 0 aliphatic carbocycles. The molecule has 0 aliphatic heterocycles. The molecule has 0 unspecified atom stereocenters. The average Bonchev–Trinajstić information content (AvgIpc) is 2.79. The van der Waals surface area contributed by atoms with Crippen LogP contribution in [0.4, 0.5) is 0 Å². The Labute approximate surface area is 118 Å². The van der Waals surface area contributed by atoms with Gasteiger partial charge in [-0.2, -0.15) is 5.10 Å². The number of unbranched alkanes of at least 4 members (excludes halogenated alkanes) is 3. The van der Waals surface area contributed by atoms with Gasteiger partial charge in [0, 0.05) is 25.4 Å². The van der Waals surface area contributed by atoms with E-state index in [4.69, 9.17) is 0 Å². The highest BCUT2D eigenvalue weighted by atomic mass is 15.3. The van der Waals surface area contributed by atoms with Gasteiger partial charge in [-0.25, -0.2) is 9.67 Å². The lowest BCUT2D eigenvalue weighted by atomic mass is 10.2. The smallest absolute Gasteiger partial charge is 0.150 e.